The van der Waals surface area contributed by atoms with E-state index in [4.69, 9.17) is 0 Å². The molecular weight excluding hydrogens is 336 g/mol. The van der Waals surface area contributed by atoms with E-state index in [1.54, 1.807) is 0 Å². The molecule has 2 aromatic rings. The normalized spacial score (nSPS) is 12.0. The molecule has 0 heterocycles. The molecular formula is C19H24N2O3S. The number of hydrogen-bond acceptors (Lipinski definition) is 3. The summed E-state index contributed by atoms with van der Waals surface area (Å²) in [4.78, 5) is 12.2. The Balaban J connectivity index is 2.07. The SMILES string of the molecule is Cc1ccc(CNS(=O)(=O)c2ccc(C(=O)NC(C)(C)C)cc2)cc1. The van der Waals surface area contributed by atoms with Crippen LogP contribution in [0.1, 0.15) is 42.3 Å². The van der Waals surface area contributed by atoms with Gasteiger partial charge in [-0.1, -0.05) is 29.8 Å². The second-order valence-corrected chi connectivity index (χ2v) is 8.81. The summed E-state index contributed by atoms with van der Waals surface area (Å²) in [7, 11) is -3.63. The van der Waals surface area contributed by atoms with Gasteiger partial charge in [0.2, 0.25) is 10.0 Å². The van der Waals surface area contributed by atoms with E-state index in [1.165, 1.54) is 24.3 Å². The van der Waals surface area contributed by atoms with Gasteiger partial charge in [0.25, 0.3) is 5.91 Å². The van der Waals surface area contributed by atoms with Gasteiger partial charge < -0.3 is 5.32 Å². The van der Waals surface area contributed by atoms with Gasteiger partial charge in [-0.25, -0.2) is 13.1 Å². The predicted octanol–water partition coefficient (Wildman–Crippen LogP) is 3.00. The minimum Gasteiger partial charge on any atom is -0.347 e. The molecule has 0 radical (unpaired) electrons. The Morgan fingerprint density at radius 1 is 0.960 bits per heavy atom. The number of sulfonamides is 1. The second-order valence-electron chi connectivity index (χ2n) is 7.04. The predicted molar refractivity (Wildman–Crippen MR) is 98.9 cm³/mol. The summed E-state index contributed by atoms with van der Waals surface area (Å²) >= 11 is 0. The highest BCUT2D eigenvalue weighted by Crippen LogP contribution is 2.13. The number of carbonyl (C=O) groups excluding carboxylic acids is 1. The van der Waals surface area contributed by atoms with Gasteiger partial charge in [-0.05, 0) is 57.5 Å². The lowest BCUT2D eigenvalue weighted by Gasteiger charge is -2.20. The first kappa shape index (κ1) is 19.1. The van der Waals surface area contributed by atoms with Crippen LogP contribution in [0.2, 0.25) is 0 Å². The monoisotopic (exact) mass is 360 g/mol. The summed E-state index contributed by atoms with van der Waals surface area (Å²) in [5.41, 5.74) is 2.08. The molecule has 2 aromatic carbocycles. The highest BCUT2D eigenvalue weighted by Gasteiger charge is 2.17. The first-order valence-corrected chi connectivity index (χ1v) is 9.53. The van der Waals surface area contributed by atoms with Crippen LogP contribution in [0.25, 0.3) is 0 Å². The molecule has 0 bridgehead atoms. The molecule has 1 amide bonds. The first-order chi connectivity index (χ1) is 11.6. The van der Waals surface area contributed by atoms with Crippen LogP contribution in [-0.2, 0) is 16.6 Å². The molecule has 0 atom stereocenters. The molecule has 0 aliphatic rings. The van der Waals surface area contributed by atoms with E-state index in [2.05, 4.69) is 10.0 Å². The van der Waals surface area contributed by atoms with Crippen molar-refractivity contribution in [1.29, 1.82) is 0 Å². The van der Waals surface area contributed by atoms with Gasteiger partial charge in [0.05, 0.1) is 4.90 Å². The molecule has 0 aliphatic carbocycles. The van der Waals surface area contributed by atoms with E-state index in [-0.39, 0.29) is 22.9 Å². The molecule has 25 heavy (non-hydrogen) atoms. The summed E-state index contributed by atoms with van der Waals surface area (Å²) in [6, 6.07) is 13.6. The molecule has 0 saturated heterocycles. The van der Waals surface area contributed by atoms with Gasteiger partial charge in [-0.2, -0.15) is 0 Å². The Hall–Kier alpha value is -2.18. The minimum absolute atomic E-state index is 0.131. The minimum atomic E-state index is -3.63. The fourth-order valence-electron chi connectivity index (χ4n) is 2.17. The average Bonchev–Trinajstić information content (AvgIpc) is 2.53. The highest BCUT2D eigenvalue weighted by atomic mass is 32.2. The highest BCUT2D eigenvalue weighted by molar-refractivity contribution is 7.89. The fraction of sp³-hybridized carbons (Fsp3) is 0.316. The van der Waals surface area contributed by atoms with Gasteiger partial charge in [-0.3, -0.25) is 4.79 Å². The molecule has 0 aromatic heterocycles. The number of rotatable bonds is 5. The van der Waals surface area contributed by atoms with Crippen LogP contribution in [0, 0.1) is 6.92 Å². The number of nitrogens with one attached hydrogen (secondary N) is 2. The zero-order valence-corrected chi connectivity index (χ0v) is 15.8. The molecule has 5 nitrogen and oxygen atoms in total. The van der Waals surface area contributed by atoms with Gasteiger partial charge in [-0.15, -0.1) is 0 Å². The lowest BCUT2D eigenvalue weighted by molar-refractivity contribution is 0.0919. The maximum atomic E-state index is 12.4. The molecule has 0 saturated carbocycles. The van der Waals surface area contributed by atoms with Crippen LogP contribution in [0.3, 0.4) is 0 Å². The third kappa shape index (κ3) is 5.69. The van der Waals surface area contributed by atoms with Crippen molar-refractivity contribution in [2.24, 2.45) is 0 Å². The lowest BCUT2D eigenvalue weighted by atomic mass is 10.1. The van der Waals surface area contributed by atoms with E-state index >= 15 is 0 Å². The number of hydrogen-bond donors (Lipinski definition) is 2. The molecule has 0 fully saturated rings. The molecule has 134 valence electrons. The molecule has 2 N–H and O–H groups in total. The first-order valence-electron chi connectivity index (χ1n) is 8.05. The Kier molecular flexibility index (Phi) is 5.65. The van der Waals surface area contributed by atoms with Gasteiger partial charge in [0, 0.05) is 17.6 Å². The molecule has 0 aliphatic heterocycles. The van der Waals surface area contributed by atoms with Gasteiger partial charge >= 0.3 is 0 Å². The average molecular weight is 360 g/mol. The summed E-state index contributed by atoms with van der Waals surface area (Å²) in [5.74, 6) is -0.232. The topological polar surface area (TPSA) is 75.3 Å². The quantitative estimate of drug-likeness (QED) is 0.861. The van der Waals surface area contributed by atoms with E-state index in [0.29, 0.717) is 5.56 Å². The van der Waals surface area contributed by atoms with Crippen molar-refractivity contribution in [2.75, 3.05) is 0 Å². The summed E-state index contributed by atoms with van der Waals surface area (Å²) in [6.07, 6.45) is 0. The maximum absolute atomic E-state index is 12.4. The van der Waals surface area contributed by atoms with Crippen molar-refractivity contribution >= 4 is 15.9 Å². The molecule has 6 heteroatoms. The van der Waals surface area contributed by atoms with Crippen molar-refractivity contribution in [3.63, 3.8) is 0 Å². The van der Waals surface area contributed by atoms with E-state index in [9.17, 15) is 13.2 Å². The zero-order valence-electron chi connectivity index (χ0n) is 15.0. The molecule has 0 spiro atoms. The number of aryl methyl sites for hydroxylation is 1. The van der Waals surface area contributed by atoms with Crippen molar-refractivity contribution in [3.05, 3.63) is 65.2 Å². The Morgan fingerprint density at radius 3 is 2.04 bits per heavy atom. The number of amides is 1. The Morgan fingerprint density at radius 2 is 1.52 bits per heavy atom. The zero-order chi connectivity index (χ0) is 18.7. The van der Waals surface area contributed by atoms with Crippen LogP contribution in [0.5, 0.6) is 0 Å². The second kappa shape index (κ2) is 7.37. The van der Waals surface area contributed by atoms with Gasteiger partial charge in [0.1, 0.15) is 0 Å². The van der Waals surface area contributed by atoms with Crippen LogP contribution >= 0.6 is 0 Å². The third-order valence-corrected chi connectivity index (χ3v) is 4.92. The third-order valence-electron chi connectivity index (χ3n) is 3.50. The maximum Gasteiger partial charge on any atom is 0.251 e. The summed E-state index contributed by atoms with van der Waals surface area (Å²) < 4.78 is 27.3. The lowest BCUT2D eigenvalue weighted by Crippen LogP contribution is -2.40. The fourth-order valence-corrected chi connectivity index (χ4v) is 3.18. The van der Waals surface area contributed by atoms with Crippen molar-refractivity contribution in [2.45, 2.75) is 44.7 Å². The smallest absolute Gasteiger partial charge is 0.251 e. The Labute approximate surface area is 149 Å². The van der Waals surface area contributed by atoms with Crippen molar-refractivity contribution in [3.8, 4) is 0 Å². The molecule has 0 unspecified atom stereocenters. The largest absolute Gasteiger partial charge is 0.347 e. The van der Waals surface area contributed by atoms with Crippen LogP contribution in [0.15, 0.2) is 53.4 Å². The van der Waals surface area contributed by atoms with E-state index < -0.39 is 10.0 Å². The van der Waals surface area contributed by atoms with Crippen LogP contribution in [-0.4, -0.2) is 19.9 Å². The van der Waals surface area contributed by atoms with E-state index in [0.717, 1.165) is 11.1 Å². The number of benzene rings is 2. The van der Waals surface area contributed by atoms with E-state index in [1.807, 2.05) is 52.0 Å². The standard InChI is InChI=1S/C19H24N2O3S/c1-14-5-7-15(8-6-14)13-20-25(23,24)17-11-9-16(10-12-17)18(22)21-19(2,3)4/h5-12,20H,13H2,1-4H3,(H,21,22). The van der Waals surface area contributed by atoms with Crippen molar-refractivity contribution in [1.82, 2.24) is 10.0 Å². The van der Waals surface area contributed by atoms with Crippen LogP contribution in [0.4, 0.5) is 0 Å². The molecule has 2 rings (SSSR count). The Bertz CT molecular complexity index is 834. The number of carbonyl (C=O) groups is 1. The van der Waals surface area contributed by atoms with Crippen molar-refractivity contribution < 1.29 is 13.2 Å². The van der Waals surface area contributed by atoms with Crippen LogP contribution < -0.4 is 10.0 Å². The van der Waals surface area contributed by atoms with Gasteiger partial charge in [0.15, 0.2) is 0 Å². The summed E-state index contributed by atoms with van der Waals surface area (Å²) in [5, 5.41) is 2.84. The summed E-state index contributed by atoms with van der Waals surface area (Å²) in [6.45, 7) is 7.86.